The van der Waals surface area contributed by atoms with Crippen molar-refractivity contribution in [3.8, 4) is 0 Å². The number of alkyl halides is 1. The molecule has 1 aromatic heterocycles. The van der Waals surface area contributed by atoms with Crippen LogP contribution in [-0.4, -0.2) is 47.0 Å². The molecule has 1 aliphatic heterocycles. The highest BCUT2D eigenvalue weighted by Gasteiger charge is 2.37. The van der Waals surface area contributed by atoms with Crippen LogP contribution in [0.1, 0.15) is 10.5 Å². The van der Waals surface area contributed by atoms with Gasteiger partial charge in [0.25, 0.3) is 5.91 Å². The number of nitrogens with one attached hydrogen (secondary N) is 1. The molecule has 1 aromatic rings. The van der Waals surface area contributed by atoms with Gasteiger partial charge in [0, 0.05) is 13.2 Å². The zero-order valence-corrected chi connectivity index (χ0v) is 10.7. The molecular formula is C9H12ClN3O3S. The number of aromatic nitrogens is 2. The van der Waals surface area contributed by atoms with E-state index in [0.717, 1.165) is 0 Å². The Hall–Kier alpha value is -1.08. The van der Waals surface area contributed by atoms with Gasteiger partial charge in [-0.1, -0.05) is 0 Å². The standard InChI is InChI=1S/C9H12ClN3O3S/c1-13-8(2-3-11-13)9(14)12-7-5-17(15,16)4-6(7)10/h2-3,6-7H,4-5H2,1H3,(H,12,14). The molecule has 2 atom stereocenters. The van der Waals surface area contributed by atoms with Crippen LogP contribution in [0.2, 0.25) is 0 Å². The summed E-state index contributed by atoms with van der Waals surface area (Å²) in [6.45, 7) is 0. The first-order chi connectivity index (χ1) is 7.89. The van der Waals surface area contributed by atoms with Crippen LogP contribution in [-0.2, 0) is 16.9 Å². The lowest BCUT2D eigenvalue weighted by Gasteiger charge is -2.14. The maximum Gasteiger partial charge on any atom is 0.269 e. The molecule has 0 spiro atoms. The van der Waals surface area contributed by atoms with Crippen LogP contribution in [0.4, 0.5) is 0 Å². The summed E-state index contributed by atoms with van der Waals surface area (Å²) in [6, 6.07) is 1.02. The van der Waals surface area contributed by atoms with E-state index in [0.29, 0.717) is 5.69 Å². The maximum atomic E-state index is 11.8. The molecule has 94 valence electrons. The molecule has 1 aliphatic rings. The van der Waals surface area contributed by atoms with E-state index in [2.05, 4.69) is 10.4 Å². The number of hydrogen-bond donors (Lipinski definition) is 1. The first kappa shape index (κ1) is 12.4. The van der Waals surface area contributed by atoms with Crippen molar-refractivity contribution >= 4 is 27.3 Å². The summed E-state index contributed by atoms with van der Waals surface area (Å²) in [7, 11) is -1.50. The highest BCUT2D eigenvalue weighted by molar-refractivity contribution is 7.91. The number of nitrogens with zero attached hydrogens (tertiary/aromatic N) is 2. The van der Waals surface area contributed by atoms with Crippen molar-refractivity contribution in [1.82, 2.24) is 15.1 Å². The lowest BCUT2D eigenvalue weighted by molar-refractivity contribution is 0.0932. The van der Waals surface area contributed by atoms with Gasteiger partial charge in [0.05, 0.1) is 22.9 Å². The lowest BCUT2D eigenvalue weighted by Crippen LogP contribution is -2.41. The van der Waals surface area contributed by atoms with Crippen LogP contribution >= 0.6 is 11.6 Å². The lowest BCUT2D eigenvalue weighted by atomic mass is 10.2. The monoisotopic (exact) mass is 277 g/mol. The van der Waals surface area contributed by atoms with Crippen LogP contribution in [0.3, 0.4) is 0 Å². The Morgan fingerprint density at radius 2 is 2.29 bits per heavy atom. The van der Waals surface area contributed by atoms with E-state index in [1.54, 1.807) is 13.1 Å². The molecule has 2 rings (SSSR count). The molecular weight excluding hydrogens is 266 g/mol. The number of rotatable bonds is 2. The average Bonchev–Trinajstić information content (AvgIpc) is 2.71. The van der Waals surface area contributed by atoms with E-state index in [9.17, 15) is 13.2 Å². The minimum Gasteiger partial charge on any atom is -0.345 e. The molecule has 2 unspecified atom stereocenters. The first-order valence-corrected chi connectivity index (χ1v) is 7.28. The van der Waals surface area contributed by atoms with Gasteiger partial charge in [0.2, 0.25) is 0 Å². The van der Waals surface area contributed by atoms with E-state index in [1.165, 1.54) is 10.9 Å². The fourth-order valence-corrected chi connectivity index (χ4v) is 4.33. The van der Waals surface area contributed by atoms with E-state index in [1.807, 2.05) is 0 Å². The second-order valence-electron chi connectivity index (χ2n) is 4.01. The van der Waals surface area contributed by atoms with Gasteiger partial charge >= 0.3 is 0 Å². The van der Waals surface area contributed by atoms with Gasteiger partial charge in [-0.25, -0.2) is 8.42 Å². The molecule has 0 aromatic carbocycles. The molecule has 1 amide bonds. The number of carbonyl (C=O) groups is 1. The zero-order chi connectivity index (χ0) is 12.6. The normalized spacial score (nSPS) is 26.9. The Bertz CT molecular complexity index is 539. The van der Waals surface area contributed by atoms with Crippen LogP contribution < -0.4 is 5.32 Å². The summed E-state index contributed by atoms with van der Waals surface area (Å²) in [5.41, 5.74) is 0.373. The fourth-order valence-electron chi connectivity index (χ4n) is 1.78. The van der Waals surface area contributed by atoms with Gasteiger partial charge in [-0.3, -0.25) is 9.48 Å². The summed E-state index contributed by atoms with van der Waals surface area (Å²) in [6.07, 6.45) is 1.50. The van der Waals surface area contributed by atoms with E-state index in [-0.39, 0.29) is 17.4 Å². The topological polar surface area (TPSA) is 81.1 Å². The second kappa shape index (κ2) is 4.30. The van der Waals surface area contributed by atoms with Crippen molar-refractivity contribution in [2.75, 3.05) is 11.5 Å². The van der Waals surface area contributed by atoms with Crippen molar-refractivity contribution < 1.29 is 13.2 Å². The summed E-state index contributed by atoms with van der Waals surface area (Å²) in [5, 5.41) is 5.91. The predicted molar refractivity (Wildman–Crippen MR) is 62.8 cm³/mol. The molecule has 6 nitrogen and oxygen atoms in total. The molecule has 8 heteroatoms. The van der Waals surface area contributed by atoms with Crippen LogP contribution in [0.5, 0.6) is 0 Å². The molecule has 1 saturated heterocycles. The Kier molecular flexibility index (Phi) is 3.13. The molecule has 0 aliphatic carbocycles. The molecule has 0 radical (unpaired) electrons. The van der Waals surface area contributed by atoms with Crippen molar-refractivity contribution in [2.45, 2.75) is 11.4 Å². The maximum absolute atomic E-state index is 11.8. The molecule has 0 saturated carbocycles. The predicted octanol–water partition coefficient (Wildman–Crippen LogP) is -0.446. The highest BCUT2D eigenvalue weighted by Crippen LogP contribution is 2.18. The minimum atomic E-state index is -3.14. The van der Waals surface area contributed by atoms with E-state index < -0.39 is 21.3 Å². The van der Waals surface area contributed by atoms with Gasteiger partial charge in [0.1, 0.15) is 5.69 Å². The number of sulfone groups is 1. The van der Waals surface area contributed by atoms with Crippen LogP contribution in [0.15, 0.2) is 12.3 Å². The van der Waals surface area contributed by atoms with Gasteiger partial charge in [-0.2, -0.15) is 5.10 Å². The third-order valence-electron chi connectivity index (χ3n) is 2.65. The number of aryl methyl sites for hydroxylation is 1. The smallest absolute Gasteiger partial charge is 0.269 e. The van der Waals surface area contributed by atoms with Crippen molar-refractivity contribution in [3.05, 3.63) is 18.0 Å². The average molecular weight is 278 g/mol. The zero-order valence-electron chi connectivity index (χ0n) is 9.13. The third-order valence-corrected chi connectivity index (χ3v) is 5.03. The minimum absolute atomic E-state index is 0.0924. The highest BCUT2D eigenvalue weighted by atomic mass is 35.5. The molecule has 0 bridgehead atoms. The largest absolute Gasteiger partial charge is 0.345 e. The van der Waals surface area contributed by atoms with Crippen molar-refractivity contribution in [3.63, 3.8) is 0 Å². The van der Waals surface area contributed by atoms with Gasteiger partial charge < -0.3 is 5.32 Å². The number of amides is 1. The van der Waals surface area contributed by atoms with E-state index in [4.69, 9.17) is 11.6 Å². The fraction of sp³-hybridized carbons (Fsp3) is 0.556. The Morgan fingerprint density at radius 3 is 2.76 bits per heavy atom. The Balaban J connectivity index is 2.08. The molecule has 1 N–H and O–H groups in total. The van der Waals surface area contributed by atoms with Crippen molar-refractivity contribution in [1.29, 1.82) is 0 Å². The molecule has 2 heterocycles. The quantitative estimate of drug-likeness (QED) is 0.743. The van der Waals surface area contributed by atoms with Crippen molar-refractivity contribution in [2.24, 2.45) is 7.05 Å². The van der Waals surface area contributed by atoms with Gasteiger partial charge in [-0.15, -0.1) is 11.6 Å². The SMILES string of the molecule is Cn1nccc1C(=O)NC1CS(=O)(=O)CC1Cl. The number of halogens is 1. The number of hydrogen-bond acceptors (Lipinski definition) is 4. The van der Waals surface area contributed by atoms with Gasteiger partial charge in [-0.05, 0) is 6.07 Å². The van der Waals surface area contributed by atoms with Gasteiger partial charge in [0.15, 0.2) is 9.84 Å². The second-order valence-corrected chi connectivity index (χ2v) is 6.73. The molecule has 1 fully saturated rings. The summed E-state index contributed by atoms with van der Waals surface area (Å²) < 4.78 is 24.1. The Morgan fingerprint density at radius 1 is 1.59 bits per heavy atom. The van der Waals surface area contributed by atoms with Crippen LogP contribution in [0, 0.1) is 0 Å². The van der Waals surface area contributed by atoms with E-state index >= 15 is 0 Å². The summed E-state index contributed by atoms with van der Waals surface area (Å²) in [4.78, 5) is 11.8. The third kappa shape index (κ3) is 2.61. The first-order valence-electron chi connectivity index (χ1n) is 5.02. The van der Waals surface area contributed by atoms with Crippen LogP contribution in [0.25, 0.3) is 0 Å². The summed E-state index contributed by atoms with van der Waals surface area (Å²) >= 11 is 5.89. The summed E-state index contributed by atoms with van der Waals surface area (Å²) in [5.74, 6) is -0.562. The Labute approximate surface area is 104 Å². The molecule has 17 heavy (non-hydrogen) atoms. The number of carbonyl (C=O) groups excluding carboxylic acids is 1.